The average molecular weight is 278 g/mol. The molecular formula is C18H18N2O. The second kappa shape index (κ2) is 5.49. The Kier molecular flexibility index (Phi) is 3.53. The first-order chi connectivity index (χ1) is 10.2. The van der Waals surface area contributed by atoms with Gasteiger partial charge in [-0.15, -0.1) is 0 Å². The molecule has 1 aliphatic carbocycles. The lowest BCUT2D eigenvalue weighted by atomic mass is 9.78. The van der Waals surface area contributed by atoms with E-state index >= 15 is 0 Å². The van der Waals surface area contributed by atoms with E-state index in [1.54, 1.807) is 7.11 Å². The van der Waals surface area contributed by atoms with Crippen molar-refractivity contribution in [3.63, 3.8) is 0 Å². The van der Waals surface area contributed by atoms with Gasteiger partial charge in [0.05, 0.1) is 13.2 Å². The molecule has 0 aromatic heterocycles. The molecule has 2 aromatic rings. The number of nitrogens with one attached hydrogen (secondary N) is 1. The van der Waals surface area contributed by atoms with Crippen molar-refractivity contribution in [2.24, 2.45) is 0 Å². The van der Waals surface area contributed by atoms with E-state index in [1.807, 2.05) is 30.3 Å². The van der Waals surface area contributed by atoms with E-state index in [1.165, 1.54) is 11.1 Å². The molecule has 1 N–H and O–H groups in total. The molecule has 21 heavy (non-hydrogen) atoms. The second-order valence-electron chi connectivity index (χ2n) is 5.50. The molecule has 1 atom stereocenters. The molecule has 0 heterocycles. The van der Waals surface area contributed by atoms with Crippen LogP contribution < -0.4 is 10.1 Å². The number of anilines is 1. The first-order valence-corrected chi connectivity index (χ1v) is 7.15. The number of methoxy groups -OCH3 is 1. The van der Waals surface area contributed by atoms with Crippen LogP contribution in [-0.4, -0.2) is 12.6 Å². The Morgan fingerprint density at radius 2 is 1.95 bits per heavy atom. The minimum atomic E-state index is -0.541. The Morgan fingerprint density at radius 1 is 1.14 bits per heavy atom. The highest BCUT2D eigenvalue weighted by Gasteiger charge is 2.34. The SMILES string of the molecule is COc1cccc(NC2(C#N)CCc3ccccc3C2)c1. The van der Waals surface area contributed by atoms with Gasteiger partial charge in [-0.25, -0.2) is 0 Å². The minimum Gasteiger partial charge on any atom is -0.497 e. The lowest BCUT2D eigenvalue weighted by Crippen LogP contribution is -2.42. The number of nitrogens with zero attached hydrogens (tertiary/aromatic N) is 1. The highest BCUT2D eigenvalue weighted by molar-refractivity contribution is 5.53. The maximum absolute atomic E-state index is 9.71. The Hall–Kier alpha value is -2.47. The monoisotopic (exact) mass is 278 g/mol. The molecule has 0 aliphatic heterocycles. The molecule has 1 unspecified atom stereocenters. The number of rotatable bonds is 3. The van der Waals surface area contributed by atoms with E-state index in [4.69, 9.17) is 4.74 Å². The van der Waals surface area contributed by atoms with Crippen LogP contribution in [0.25, 0.3) is 0 Å². The van der Waals surface area contributed by atoms with Crippen molar-refractivity contribution in [1.29, 1.82) is 5.26 Å². The standard InChI is InChI=1S/C18H18N2O/c1-21-17-8-4-7-16(11-17)20-18(13-19)10-9-14-5-2-3-6-15(14)12-18/h2-8,11,20H,9-10,12H2,1H3. The fourth-order valence-corrected chi connectivity index (χ4v) is 2.94. The fraction of sp³-hybridized carbons (Fsp3) is 0.278. The van der Waals surface area contributed by atoms with E-state index in [9.17, 15) is 5.26 Å². The summed E-state index contributed by atoms with van der Waals surface area (Å²) in [5, 5.41) is 13.1. The van der Waals surface area contributed by atoms with Crippen LogP contribution in [-0.2, 0) is 12.8 Å². The van der Waals surface area contributed by atoms with Crippen molar-refractivity contribution in [2.75, 3.05) is 12.4 Å². The van der Waals surface area contributed by atoms with E-state index in [2.05, 4.69) is 29.6 Å². The lowest BCUT2D eigenvalue weighted by Gasteiger charge is -2.34. The summed E-state index contributed by atoms with van der Waals surface area (Å²) in [4.78, 5) is 0. The molecule has 0 fully saturated rings. The van der Waals surface area contributed by atoms with E-state index in [0.717, 1.165) is 30.7 Å². The zero-order chi connectivity index (χ0) is 14.7. The van der Waals surface area contributed by atoms with Gasteiger partial charge in [-0.3, -0.25) is 0 Å². The first-order valence-electron chi connectivity index (χ1n) is 7.15. The summed E-state index contributed by atoms with van der Waals surface area (Å²) >= 11 is 0. The van der Waals surface area contributed by atoms with Gasteiger partial charge in [0.25, 0.3) is 0 Å². The predicted octanol–water partition coefficient (Wildman–Crippen LogP) is 3.56. The molecule has 106 valence electrons. The molecule has 0 radical (unpaired) electrons. The van der Waals surface area contributed by atoms with Gasteiger partial charge in [0.2, 0.25) is 0 Å². The third-order valence-corrected chi connectivity index (χ3v) is 4.10. The summed E-state index contributed by atoms with van der Waals surface area (Å²) in [6.45, 7) is 0. The van der Waals surface area contributed by atoms with Crippen LogP contribution in [0, 0.1) is 11.3 Å². The molecule has 3 nitrogen and oxygen atoms in total. The number of benzene rings is 2. The normalized spacial score (nSPS) is 20.2. The highest BCUT2D eigenvalue weighted by atomic mass is 16.5. The smallest absolute Gasteiger partial charge is 0.129 e. The van der Waals surface area contributed by atoms with Gasteiger partial charge in [0.1, 0.15) is 11.3 Å². The summed E-state index contributed by atoms with van der Waals surface area (Å²) in [6, 6.07) is 18.6. The molecule has 0 amide bonds. The van der Waals surface area contributed by atoms with Crippen LogP contribution >= 0.6 is 0 Å². The number of ether oxygens (including phenoxy) is 1. The van der Waals surface area contributed by atoms with E-state index in [-0.39, 0.29) is 0 Å². The van der Waals surface area contributed by atoms with Crippen molar-refractivity contribution in [3.8, 4) is 11.8 Å². The Morgan fingerprint density at radius 3 is 2.71 bits per heavy atom. The molecule has 3 heteroatoms. The number of hydrogen-bond acceptors (Lipinski definition) is 3. The number of fused-ring (bicyclic) bond motifs is 1. The molecular weight excluding hydrogens is 260 g/mol. The second-order valence-corrected chi connectivity index (χ2v) is 5.50. The maximum atomic E-state index is 9.71. The summed E-state index contributed by atoms with van der Waals surface area (Å²) in [5.41, 5.74) is 3.01. The van der Waals surface area contributed by atoms with Gasteiger partial charge in [-0.1, -0.05) is 30.3 Å². The van der Waals surface area contributed by atoms with E-state index < -0.39 is 5.54 Å². The minimum absolute atomic E-state index is 0.541. The first kappa shape index (κ1) is 13.5. The Balaban J connectivity index is 1.87. The quantitative estimate of drug-likeness (QED) is 0.933. The van der Waals surface area contributed by atoms with Crippen LogP contribution in [0.5, 0.6) is 5.75 Å². The predicted molar refractivity (Wildman–Crippen MR) is 83.4 cm³/mol. The van der Waals surface area contributed by atoms with Gasteiger partial charge in [-0.2, -0.15) is 5.26 Å². The van der Waals surface area contributed by atoms with Crippen molar-refractivity contribution >= 4 is 5.69 Å². The van der Waals surface area contributed by atoms with E-state index in [0.29, 0.717) is 0 Å². The van der Waals surface area contributed by atoms with Gasteiger partial charge in [-0.05, 0) is 36.1 Å². The molecule has 0 bridgehead atoms. The number of aryl methyl sites for hydroxylation is 1. The summed E-state index contributed by atoms with van der Waals surface area (Å²) in [6.07, 6.45) is 2.48. The summed E-state index contributed by atoms with van der Waals surface area (Å²) in [5.74, 6) is 0.796. The van der Waals surface area contributed by atoms with Crippen LogP contribution in [0.1, 0.15) is 17.5 Å². The zero-order valence-corrected chi connectivity index (χ0v) is 12.1. The number of nitriles is 1. The molecule has 0 saturated carbocycles. The maximum Gasteiger partial charge on any atom is 0.129 e. The summed E-state index contributed by atoms with van der Waals surface area (Å²) < 4.78 is 5.24. The van der Waals surface area contributed by atoms with Crippen molar-refractivity contribution in [2.45, 2.75) is 24.8 Å². The van der Waals surface area contributed by atoms with Gasteiger partial charge >= 0.3 is 0 Å². The zero-order valence-electron chi connectivity index (χ0n) is 12.1. The average Bonchev–Trinajstić information content (AvgIpc) is 2.55. The van der Waals surface area contributed by atoms with Crippen LogP contribution in [0.15, 0.2) is 48.5 Å². The van der Waals surface area contributed by atoms with Crippen molar-refractivity contribution < 1.29 is 4.74 Å². The fourth-order valence-electron chi connectivity index (χ4n) is 2.94. The van der Waals surface area contributed by atoms with Crippen molar-refractivity contribution in [1.82, 2.24) is 0 Å². The number of hydrogen-bond donors (Lipinski definition) is 1. The third-order valence-electron chi connectivity index (χ3n) is 4.10. The van der Waals surface area contributed by atoms with Gasteiger partial charge < -0.3 is 10.1 Å². The van der Waals surface area contributed by atoms with Crippen molar-refractivity contribution in [3.05, 3.63) is 59.7 Å². The van der Waals surface area contributed by atoms with Crippen LogP contribution in [0.2, 0.25) is 0 Å². The topological polar surface area (TPSA) is 45.0 Å². The highest BCUT2D eigenvalue weighted by Crippen LogP contribution is 2.32. The van der Waals surface area contributed by atoms with Gasteiger partial charge in [0.15, 0.2) is 0 Å². The molecule has 2 aromatic carbocycles. The lowest BCUT2D eigenvalue weighted by molar-refractivity contribution is 0.414. The van der Waals surface area contributed by atoms with Crippen LogP contribution in [0.4, 0.5) is 5.69 Å². The summed E-state index contributed by atoms with van der Waals surface area (Å²) in [7, 11) is 1.65. The molecule has 1 aliphatic rings. The molecule has 3 rings (SSSR count). The Bertz CT molecular complexity index is 690. The Labute approximate surface area is 125 Å². The third kappa shape index (κ3) is 2.71. The largest absolute Gasteiger partial charge is 0.497 e. The molecule has 0 spiro atoms. The molecule has 0 saturated heterocycles. The van der Waals surface area contributed by atoms with Crippen LogP contribution in [0.3, 0.4) is 0 Å². The van der Waals surface area contributed by atoms with Gasteiger partial charge in [0, 0.05) is 18.2 Å².